The Bertz CT molecular complexity index is 529. The Morgan fingerprint density at radius 3 is 2.80 bits per heavy atom. The van der Waals surface area contributed by atoms with Crippen LogP contribution in [-0.2, 0) is 17.7 Å². The van der Waals surface area contributed by atoms with Gasteiger partial charge in [-0.25, -0.2) is 4.68 Å². The summed E-state index contributed by atoms with van der Waals surface area (Å²) in [6, 6.07) is 7.99. The monoisotopic (exact) mass is 340 g/mol. The van der Waals surface area contributed by atoms with Gasteiger partial charge < -0.3 is 9.84 Å². The highest BCUT2D eigenvalue weighted by Gasteiger charge is 2.12. The van der Waals surface area contributed by atoms with Gasteiger partial charge in [0.05, 0.1) is 19.3 Å². The second-order valence-corrected chi connectivity index (χ2v) is 5.31. The molecule has 0 aliphatic carbocycles. The zero-order valence-electron chi connectivity index (χ0n) is 11.2. The first-order chi connectivity index (χ1) is 9.69. The molecule has 0 spiro atoms. The van der Waals surface area contributed by atoms with Crippen molar-refractivity contribution in [3.63, 3.8) is 0 Å². The standard InChI is InChI=1S/C13H17BrN4O2/c1-2-20-9-12(19)8-18-13(15-16-17-18)7-10-3-5-11(14)6-4-10/h3-6,12,19H,2,7-9H2,1H3/t12-/m0/s1. The molecular formula is C13H17BrN4O2. The van der Waals surface area contributed by atoms with Gasteiger partial charge in [-0.3, -0.25) is 0 Å². The van der Waals surface area contributed by atoms with Crippen molar-refractivity contribution in [1.82, 2.24) is 20.2 Å². The Labute approximate surface area is 125 Å². The van der Waals surface area contributed by atoms with Crippen LogP contribution in [0.25, 0.3) is 0 Å². The number of halogens is 1. The summed E-state index contributed by atoms with van der Waals surface area (Å²) >= 11 is 3.40. The first-order valence-corrected chi connectivity index (χ1v) is 7.23. The number of benzene rings is 1. The fourth-order valence-electron chi connectivity index (χ4n) is 1.78. The Morgan fingerprint density at radius 2 is 2.10 bits per heavy atom. The predicted octanol–water partition coefficient (Wildman–Crippen LogP) is 1.42. The molecule has 1 aromatic carbocycles. The van der Waals surface area contributed by atoms with Crippen molar-refractivity contribution in [1.29, 1.82) is 0 Å². The lowest BCUT2D eigenvalue weighted by Crippen LogP contribution is -2.24. The molecule has 0 radical (unpaired) electrons. The maximum Gasteiger partial charge on any atom is 0.155 e. The minimum atomic E-state index is -0.609. The molecule has 0 unspecified atom stereocenters. The lowest BCUT2D eigenvalue weighted by atomic mass is 10.1. The van der Waals surface area contributed by atoms with E-state index >= 15 is 0 Å². The minimum Gasteiger partial charge on any atom is -0.389 e. The number of aromatic nitrogens is 4. The maximum atomic E-state index is 9.83. The molecule has 1 atom stereocenters. The van der Waals surface area contributed by atoms with E-state index in [-0.39, 0.29) is 6.61 Å². The van der Waals surface area contributed by atoms with Gasteiger partial charge >= 0.3 is 0 Å². The lowest BCUT2D eigenvalue weighted by Gasteiger charge is -2.11. The van der Waals surface area contributed by atoms with Crippen LogP contribution in [0.5, 0.6) is 0 Å². The number of nitrogens with zero attached hydrogens (tertiary/aromatic N) is 4. The molecule has 7 heteroatoms. The number of aliphatic hydroxyl groups is 1. The molecule has 0 fully saturated rings. The van der Waals surface area contributed by atoms with Crippen LogP contribution >= 0.6 is 15.9 Å². The molecule has 108 valence electrons. The van der Waals surface area contributed by atoms with Gasteiger partial charge in [0.15, 0.2) is 5.82 Å². The minimum absolute atomic E-state index is 0.286. The summed E-state index contributed by atoms with van der Waals surface area (Å²) in [5, 5.41) is 21.4. The van der Waals surface area contributed by atoms with Gasteiger partial charge in [0, 0.05) is 17.5 Å². The van der Waals surface area contributed by atoms with Crippen molar-refractivity contribution in [2.75, 3.05) is 13.2 Å². The van der Waals surface area contributed by atoms with E-state index in [2.05, 4.69) is 31.5 Å². The van der Waals surface area contributed by atoms with Crippen LogP contribution in [0, 0.1) is 0 Å². The van der Waals surface area contributed by atoms with E-state index in [0.717, 1.165) is 15.9 Å². The van der Waals surface area contributed by atoms with Crippen LogP contribution < -0.4 is 0 Å². The topological polar surface area (TPSA) is 73.1 Å². The van der Waals surface area contributed by atoms with Gasteiger partial charge in [-0.05, 0) is 35.0 Å². The van der Waals surface area contributed by atoms with Gasteiger partial charge in [-0.1, -0.05) is 28.1 Å². The second-order valence-electron chi connectivity index (χ2n) is 4.39. The molecule has 0 amide bonds. The van der Waals surface area contributed by atoms with Crippen LogP contribution in [0.4, 0.5) is 0 Å². The normalized spacial score (nSPS) is 12.6. The van der Waals surface area contributed by atoms with Crippen molar-refractivity contribution in [2.45, 2.75) is 26.0 Å². The van der Waals surface area contributed by atoms with Crippen LogP contribution in [-0.4, -0.2) is 44.6 Å². The molecule has 2 rings (SSSR count). The summed E-state index contributed by atoms with van der Waals surface area (Å²) in [5.41, 5.74) is 1.11. The summed E-state index contributed by atoms with van der Waals surface area (Å²) < 4.78 is 7.83. The molecule has 20 heavy (non-hydrogen) atoms. The third-order valence-electron chi connectivity index (χ3n) is 2.78. The quantitative estimate of drug-likeness (QED) is 0.825. The molecule has 6 nitrogen and oxygen atoms in total. The Balaban J connectivity index is 1.99. The van der Waals surface area contributed by atoms with Gasteiger partial charge in [-0.15, -0.1) is 5.10 Å². The Hall–Kier alpha value is -1.31. The average Bonchev–Trinajstić information content (AvgIpc) is 2.86. The smallest absolute Gasteiger partial charge is 0.155 e. The zero-order valence-corrected chi connectivity index (χ0v) is 12.8. The molecule has 0 saturated carbocycles. The number of ether oxygens (including phenoxy) is 1. The third-order valence-corrected chi connectivity index (χ3v) is 3.31. The molecule has 0 aliphatic heterocycles. The first kappa shape index (κ1) is 15.1. The summed E-state index contributed by atoms with van der Waals surface area (Å²) in [6.07, 6.45) is 0.0175. The van der Waals surface area contributed by atoms with Gasteiger partial charge in [0.2, 0.25) is 0 Å². The maximum absolute atomic E-state index is 9.83. The fourth-order valence-corrected chi connectivity index (χ4v) is 2.05. The molecule has 1 aromatic heterocycles. The van der Waals surface area contributed by atoms with Crippen molar-refractivity contribution in [3.8, 4) is 0 Å². The highest BCUT2D eigenvalue weighted by Crippen LogP contribution is 2.13. The van der Waals surface area contributed by atoms with Gasteiger partial charge in [0.25, 0.3) is 0 Å². The fraction of sp³-hybridized carbons (Fsp3) is 0.462. The number of hydrogen-bond donors (Lipinski definition) is 1. The van der Waals surface area contributed by atoms with E-state index < -0.39 is 6.10 Å². The zero-order chi connectivity index (χ0) is 14.4. The van der Waals surface area contributed by atoms with E-state index in [9.17, 15) is 5.11 Å². The summed E-state index contributed by atoms with van der Waals surface area (Å²) in [4.78, 5) is 0. The van der Waals surface area contributed by atoms with Crippen LogP contribution in [0.3, 0.4) is 0 Å². The van der Waals surface area contributed by atoms with Crippen LogP contribution in [0.15, 0.2) is 28.7 Å². The van der Waals surface area contributed by atoms with E-state index in [1.54, 1.807) is 4.68 Å². The lowest BCUT2D eigenvalue weighted by molar-refractivity contribution is 0.0309. The number of hydrogen-bond acceptors (Lipinski definition) is 5. The second kappa shape index (κ2) is 7.47. The average molecular weight is 341 g/mol. The number of aliphatic hydroxyl groups excluding tert-OH is 1. The Kier molecular flexibility index (Phi) is 5.63. The molecule has 1 N–H and O–H groups in total. The van der Waals surface area contributed by atoms with Crippen molar-refractivity contribution < 1.29 is 9.84 Å². The molecule has 0 aliphatic rings. The van der Waals surface area contributed by atoms with Crippen LogP contribution in [0.1, 0.15) is 18.3 Å². The van der Waals surface area contributed by atoms with E-state index in [0.29, 0.717) is 19.6 Å². The predicted molar refractivity (Wildman–Crippen MR) is 77.3 cm³/mol. The summed E-state index contributed by atoms with van der Waals surface area (Å²) in [7, 11) is 0. The largest absolute Gasteiger partial charge is 0.389 e. The summed E-state index contributed by atoms with van der Waals surface area (Å²) in [5.74, 6) is 0.725. The SMILES string of the molecule is CCOC[C@@H](O)Cn1nnnc1Cc1ccc(Br)cc1. The van der Waals surface area contributed by atoms with Gasteiger partial charge in [-0.2, -0.15) is 0 Å². The number of rotatable bonds is 7. The van der Waals surface area contributed by atoms with E-state index in [4.69, 9.17) is 4.74 Å². The van der Waals surface area contributed by atoms with Gasteiger partial charge in [0.1, 0.15) is 0 Å². The molecule has 0 bridgehead atoms. The summed E-state index contributed by atoms with van der Waals surface area (Å²) in [6.45, 7) is 3.09. The molecule has 2 aromatic rings. The third kappa shape index (κ3) is 4.36. The highest BCUT2D eigenvalue weighted by molar-refractivity contribution is 9.10. The van der Waals surface area contributed by atoms with Crippen molar-refractivity contribution in [3.05, 3.63) is 40.1 Å². The highest BCUT2D eigenvalue weighted by atomic mass is 79.9. The van der Waals surface area contributed by atoms with Crippen molar-refractivity contribution in [2.24, 2.45) is 0 Å². The molecule has 0 saturated heterocycles. The van der Waals surface area contributed by atoms with E-state index in [1.807, 2.05) is 31.2 Å². The Morgan fingerprint density at radius 1 is 1.35 bits per heavy atom. The first-order valence-electron chi connectivity index (χ1n) is 6.44. The molecule has 1 heterocycles. The molecular weight excluding hydrogens is 324 g/mol. The van der Waals surface area contributed by atoms with Crippen LogP contribution in [0.2, 0.25) is 0 Å². The number of tetrazole rings is 1. The van der Waals surface area contributed by atoms with Crippen molar-refractivity contribution >= 4 is 15.9 Å². The van der Waals surface area contributed by atoms with E-state index in [1.165, 1.54) is 0 Å².